The van der Waals surface area contributed by atoms with Crippen LogP contribution in [0.25, 0.3) is 0 Å². The Bertz CT molecular complexity index is 395. The normalized spacial score (nSPS) is 31.0. The molecule has 1 unspecified atom stereocenters. The van der Waals surface area contributed by atoms with Gasteiger partial charge in [-0.1, -0.05) is 26.7 Å². The summed E-state index contributed by atoms with van der Waals surface area (Å²) in [6.45, 7) is 5.34. The van der Waals surface area contributed by atoms with Gasteiger partial charge in [-0.15, -0.1) is 0 Å². The highest BCUT2D eigenvalue weighted by molar-refractivity contribution is 5.92. The van der Waals surface area contributed by atoms with E-state index in [4.69, 9.17) is 0 Å². The number of amides is 1. The predicted octanol–water partition coefficient (Wildman–Crippen LogP) is 1.81. The molecule has 0 radical (unpaired) electrons. The number of carbonyl (C=O) groups excluding carboxylic acids is 1. The largest absolute Gasteiger partial charge is 0.323 e. The van der Waals surface area contributed by atoms with Crippen molar-refractivity contribution in [1.82, 2.24) is 15.1 Å². The molecule has 2 aliphatic carbocycles. The van der Waals surface area contributed by atoms with Crippen molar-refractivity contribution < 1.29 is 4.79 Å². The van der Waals surface area contributed by atoms with E-state index < -0.39 is 0 Å². The molecule has 2 saturated carbocycles. The molecule has 1 atom stereocenters. The summed E-state index contributed by atoms with van der Waals surface area (Å²) in [5.74, 6) is 0.837. The molecule has 4 nitrogen and oxygen atoms in total. The van der Waals surface area contributed by atoms with Gasteiger partial charge >= 0.3 is 0 Å². The topological polar surface area (TPSA) is 35.6 Å². The molecule has 1 spiro atoms. The van der Waals surface area contributed by atoms with Gasteiger partial charge in [0, 0.05) is 12.1 Å². The molecule has 4 heteroatoms. The molecule has 0 aromatic rings. The Balaban J connectivity index is 1.82. The first kappa shape index (κ1) is 14.3. The van der Waals surface area contributed by atoms with Crippen LogP contribution in [0, 0.1) is 5.92 Å². The highest BCUT2D eigenvalue weighted by Crippen LogP contribution is 2.45. The lowest BCUT2D eigenvalue weighted by molar-refractivity contribution is -0.133. The average Bonchev–Trinajstić information content (AvgIpc) is 2.92. The second kappa shape index (κ2) is 4.70. The maximum atomic E-state index is 12.8. The van der Waals surface area contributed by atoms with Crippen LogP contribution in [0.15, 0.2) is 0 Å². The third-order valence-corrected chi connectivity index (χ3v) is 5.76. The molecule has 3 aliphatic rings. The van der Waals surface area contributed by atoms with Gasteiger partial charge in [-0.3, -0.25) is 10.1 Å². The molecule has 1 amide bonds. The third kappa shape index (κ3) is 2.08. The standard InChI is InChI=1S/C16H29N3O/c1-12(2)13-17-16(9-10-16)14(20)19(13)11-15(18(3)4)7-5-6-8-15/h12-13,17H,5-11H2,1-4H3. The summed E-state index contributed by atoms with van der Waals surface area (Å²) in [5, 5.41) is 3.63. The van der Waals surface area contributed by atoms with Crippen molar-refractivity contribution in [3.8, 4) is 0 Å². The number of likely N-dealkylation sites (N-methyl/N-ethyl adjacent to an activating group) is 1. The van der Waals surface area contributed by atoms with Crippen molar-refractivity contribution in [2.75, 3.05) is 20.6 Å². The molecule has 0 bridgehead atoms. The summed E-state index contributed by atoms with van der Waals surface area (Å²) in [6.07, 6.45) is 7.32. The number of carbonyl (C=O) groups is 1. The zero-order valence-electron chi connectivity index (χ0n) is 13.4. The zero-order valence-corrected chi connectivity index (χ0v) is 13.4. The van der Waals surface area contributed by atoms with E-state index >= 15 is 0 Å². The van der Waals surface area contributed by atoms with Crippen LogP contribution in [0.4, 0.5) is 0 Å². The summed E-state index contributed by atoms with van der Waals surface area (Å²) in [7, 11) is 4.35. The second-order valence-corrected chi connectivity index (χ2v) is 7.67. The van der Waals surface area contributed by atoms with Crippen LogP contribution in [0.1, 0.15) is 52.4 Å². The van der Waals surface area contributed by atoms with Gasteiger partial charge in [0.05, 0.1) is 11.7 Å². The van der Waals surface area contributed by atoms with Gasteiger partial charge in [0.1, 0.15) is 0 Å². The molecule has 0 aromatic heterocycles. The van der Waals surface area contributed by atoms with Crippen molar-refractivity contribution in [3.05, 3.63) is 0 Å². The summed E-state index contributed by atoms with van der Waals surface area (Å²) >= 11 is 0. The van der Waals surface area contributed by atoms with Crippen LogP contribution < -0.4 is 5.32 Å². The van der Waals surface area contributed by atoms with Crippen LogP contribution in [0.2, 0.25) is 0 Å². The Labute approximate surface area is 122 Å². The van der Waals surface area contributed by atoms with Crippen LogP contribution in [-0.2, 0) is 4.79 Å². The van der Waals surface area contributed by atoms with Gasteiger partial charge in [0.25, 0.3) is 0 Å². The second-order valence-electron chi connectivity index (χ2n) is 7.67. The first-order valence-electron chi connectivity index (χ1n) is 8.16. The van der Waals surface area contributed by atoms with E-state index in [0.717, 1.165) is 19.4 Å². The van der Waals surface area contributed by atoms with Crippen LogP contribution in [0.5, 0.6) is 0 Å². The van der Waals surface area contributed by atoms with Gasteiger partial charge in [-0.25, -0.2) is 0 Å². The summed E-state index contributed by atoms with van der Waals surface area (Å²) in [6, 6.07) is 0. The van der Waals surface area contributed by atoms with E-state index in [9.17, 15) is 4.79 Å². The molecule has 1 heterocycles. The van der Waals surface area contributed by atoms with Crippen LogP contribution in [-0.4, -0.2) is 53.6 Å². The highest BCUT2D eigenvalue weighted by atomic mass is 16.2. The SMILES string of the molecule is CC(C)C1NC2(CC2)C(=O)N1CC1(N(C)C)CCCC1. The molecule has 3 rings (SSSR count). The minimum Gasteiger partial charge on any atom is -0.323 e. The van der Waals surface area contributed by atoms with E-state index in [0.29, 0.717) is 11.8 Å². The quantitative estimate of drug-likeness (QED) is 0.852. The van der Waals surface area contributed by atoms with Crippen LogP contribution >= 0.6 is 0 Å². The Morgan fingerprint density at radius 3 is 2.30 bits per heavy atom. The summed E-state index contributed by atoms with van der Waals surface area (Å²) < 4.78 is 0. The van der Waals surface area contributed by atoms with Crippen molar-refractivity contribution in [2.24, 2.45) is 5.92 Å². The molecule has 0 aromatic carbocycles. The molecule has 20 heavy (non-hydrogen) atoms. The lowest BCUT2D eigenvalue weighted by Gasteiger charge is -2.41. The number of hydrogen-bond acceptors (Lipinski definition) is 3. The first-order chi connectivity index (χ1) is 9.40. The van der Waals surface area contributed by atoms with E-state index in [1.807, 2.05) is 0 Å². The maximum Gasteiger partial charge on any atom is 0.244 e. The van der Waals surface area contributed by atoms with Crippen molar-refractivity contribution in [3.63, 3.8) is 0 Å². The minimum atomic E-state index is -0.180. The summed E-state index contributed by atoms with van der Waals surface area (Å²) in [5.41, 5.74) is 0.0198. The molecule has 3 fully saturated rings. The fraction of sp³-hybridized carbons (Fsp3) is 0.938. The number of nitrogens with one attached hydrogen (secondary N) is 1. The Hall–Kier alpha value is -0.610. The fourth-order valence-electron chi connectivity index (χ4n) is 4.10. The smallest absolute Gasteiger partial charge is 0.244 e. The number of hydrogen-bond donors (Lipinski definition) is 1. The molecule has 1 aliphatic heterocycles. The Kier molecular flexibility index (Phi) is 3.37. The van der Waals surface area contributed by atoms with Crippen molar-refractivity contribution in [2.45, 2.75) is 69.6 Å². The third-order valence-electron chi connectivity index (χ3n) is 5.76. The van der Waals surface area contributed by atoms with Crippen molar-refractivity contribution in [1.29, 1.82) is 0 Å². The minimum absolute atomic E-state index is 0.180. The monoisotopic (exact) mass is 279 g/mol. The van der Waals surface area contributed by atoms with Gasteiger partial charge in [0.15, 0.2) is 0 Å². The Morgan fingerprint density at radius 1 is 1.25 bits per heavy atom. The van der Waals surface area contributed by atoms with E-state index in [2.05, 4.69) is 43.1 Å². The lowest BCUT2D eigenvalue weighted by Crippen LogP contribution is -2.55. The van der Waals surface area contributed by atoms with Crippen LogP contribution in [0.3, 0.4) is 0 Å². The average molecular weight is 279 g/mol. The molecule has 1 saturated heterocycles. The van der Waals surface area contributed by atoms with E-state index in [1.54, 1.807) is 0 Å². The molecule has 1 N–H and O–H groups in total. The lowest BCUT2D eigenvalue weighted by atomic mass is 9.94. The number of rotatable bonds is 4. The van der Waals surface area contributed by atoms with Gasteiger partial charge in [0.2, 0.25) is 5.91 Å². The molecular formula is C16H29N3O. The van der Waals surface area contributed by atoms with E-state index in [1.165, 1.54) is 25.7 Å². The van der Waals surface area contributed by atoms with Gasteiger partial charge < -0.3 is 9.80 Å². The molecule has 114 valence electrons. The van der Waals surface area contributed by atoms with E-state index in [-0.39, 0.29) is 17.2 Å². The predicted molar refractivity (Wildman–Crippen MR) is 80.3 cm³/mol. The van der Waals surface area contributed by atoms with Gasteiger partial charge in [-0.2, -0.15) is 0 Å². The fourth-order valence-corrected chi connectivity index (χ4v) is 4.10. The highest BCUT2D eigenvalue weighted by Gasteiger charge is 2.60. The zero-order chi connectivity index (χ0) is 14.5. The maximum absolute atomic E-state index is 12.8. The molecular weight excluding hydrogens is 250 g/mol. The van der Waals surface area contributed by atoms with Crippen molar-refractivity contribution >= 4 is 5.91 Å². The summed E-state index contributed by atoms with van der Waals surface area (Å²) in [4.78, 5) is 17.3. The van der Waals surface area contributed by atoms with Gasteiger partial charge in [-0.05, 0) is 45.7 Å². The number of nitrogens with zero attached hydrogens (tertiary/aromatic N) is 2. The Morgan fingerprint density at radius 2 is 1.85 bits per heavy atom. The first-order valence-corrected chi connectivity index (χ1v) is 8.16.